The Kier molecular flexibility index (Phi) is 4.18. The summed E-state index contributed by atoms with van der Waals surface area (Å²) in [6.45, 7) is 0. The summed E-state index contributed by atoms with van der Waals surface area (Å²) in [4.78, 5) is 15.4. The van der Waals surface area contributed by atoms with E-state index >= 15 is 0 Å². The van der Waals surface area contributed by atoms with Crippen LogP contribution in [-0.4, -0.2) is 16.1 Å². The van der Waals surface area contributed by atoms with Gasteiger partial charge in [0.05, 0.1) is 11.3 Å². The summed E-state index contributed by atoms with van der Waals surface area (Å²) in [5, 5.41) is 26.6. The molecule has 2 N–H and O–H groups in total. The molecule has 3 aromatic rings. The molecule has 3 rings (SSSR count). The molecule has 0 aliphatic carbocycles. The van der Waals surface area contributed by atoms with Crippen LogP contribution >= 0.6 is 22.9 Å². The molecule has 0 unspecified atom stereocenters. The Morgan fingerprint density at radius 1 is 1.22 bits per heavy atom. The third-order valence-electron chi connectivity index (χ3n) is 3.11. The van der Waals surface area contributed by atoms with Crippen molar-refractivity contribution < 1.29 is 15.0 Å². The van der Waals surface area contributed by atoms with E-state index in [4.69, 9.17) is 16.7 Å². The summed E-state index contributed by atoms with van der Waals surface area (Å²) >= 11 is 7.24. The number of aromatic carboxylic acids is 1. The number of benzene rings is 2. The van der Waals surface area contributed by atoms with E-state index in [0.717, 1.165) is 11.3 Å². The number of aromatic nitrogens is 1. The molecule has 0 aliphatic rings. The molecule has 23 heavy (non-hydrogen) atoms. The van der Waals surface area contributed by atoms with Crippen LogP contribution in [0.1, 0.15) is 10.4 Å². The van der Waals surface area contributed by atoms with Gasteiger partial charge in [0, 0.05) is 21.7 Å². The Hall–Kier alpha value is -2.57. The third kappa shape index (κ3) is 3.44. The van der Waals surface area contributed by atoms with Crippen molar-refractivity contribution in [2.24, 2.45) is 0 Å². The largest absolute Gasteiger partial charge is 0.872 e. The van der Waals surface area contributed by atoms with Gasteiger partial charge in [-0.2, -0.15) is 0 Å². The molecule has 0 spiro atoms. The molecule has 0 atom stereocenters. The fourth-order valence-corrected chi connectivity index (χ4v) is 2.85. The van der Waals surface area contributed by atoms with Crippen LogP contribution in [0.3, 0.4) is 0 Å². The lowest BCUT2D eigenvalue weighted by Crippen LogP contribution is -2.04. The van der Waals surface area contributed by atoms with Crippen LogP contribution in [0.2, 0.25) is 5.02 Å². The van der Waals surface area contributed by atoms with Gasteiger partial charge in [0.15, 0.2) is 5.13 Å². The lowest BCUT2D eigenvalue weighted by Gasteiger charge is -2.11. The van der Waals surface area contributed by atoms with E-state index < -0.39 is 11.7 Å². The predicted molar refractivity (Wildman–Crippen MR) is 88.7 cm³/mol. The van der Waals surface area contributed by atoms with Crippen LogP contribution in [0.15, 0.2) is 47.8 Å². The predicted octanol–water partition coefficient (Wildman–Crippen LogP) is 3.98. The number of hydrogen-bond acceptors (Lipinski definition) is 5. The monoisotopic (exact) mass is 345 g/mol. The number of carbonyl (C=O) groups is 1. The number of hydrogen-bond donors (Lipinski definition) is 2. The van der Waals surface area contributed by atoms with Crippen molar-refractivity contribution >= 4 is 39.7 Å². The molecule has 0 aliphatic heterocycles. The number of nitrogens with one attached hydrogen (secondary N) is 1. The number of halogens is 1. The normalized spacial score (nSPS) is 10.5. The van der Waals surface area contributed by atoms with Crippen molar-refractivity contribution in [3.63, 3.8) is 0 Å². The first-order chi connectivity index (χ1) is 11.0. The molecule has 7 heteroatoms. The van der Waals surface area contributed by atoms with E-state index in [-0.39, 0.29) is 5.56 Å². The molecule has 116 valence electrons. The quantitative estimate of drug-likeness (QED) is 0.747. The Bertz CT molecular complexity index is 862. The Labute approximate surface area is 140 Å². The lowest BCUT2D eigenvalue weighted by atomic mass is 10.2. The molecule has 0 bridgehead atoms. The topological polar surface area (TPSA) is 85.3 Å². The van der Waals surface area contributed by atoms with Gasteiger partial charge in [-0.25, -0.2) is 9.78 Å². The first-order valence-electron chi connectivity index (χ1n) is 6.56. The number of nitrogens with zero attached hydrogens (tertiary/aromatic N) is 1. The van der Waals surface area contributed by atoms with E-state index in [1.165, 1.54) is 29.5 Å². The van der Waals surface area contributed by atoms with Gasteiger partial charge in [-0.15, -0.1) is 11.3 Å². The first kappa shape index (κ1) is 15.3. The van der Waals surface area contributed by atoms with Crippen molar-refractivity contribution in [2.75, 3.05) is 5.32 Å². The molecule has 5 nitrogen and oxygen atoms in total. The van der Waals surface area contributed by atoms with Crippen LogP contribution in [0, 0.1) is 0 Å². The fraction of sp³-hybridized carbons (Fsp3) is 0. The SMILES string of the molecule is O=C(O)c1cc(Nc2nc(-c3ccc(Cl)cc3)cs2)ccc1[O-]. The molecule has 0 saturated carbocycles. The number of carboxylic acids is 1. The van der Waals surface area contributed by atoms with Crippen molar-refractivity contribution in [2.45, 2.75) is 0 Å². The second kappa shape index (κ2) is 6.28. The van der Waals surface area contributed by atoms with Crippen LogP contribution in [0.5, 0.6) is 5.75 Å². The van der Waals surface area contributed by atoms with Crippen molar-refractivity contribution in [1.82, 2.24) is 4.98 Å². The van der Waals surface area contributed by atoms with Gasteiger partial charge < -0.3 is 15.5 Å². The second-order valence-corrected chi connectivity index (χ2v) is 5.98. The Balaban J connectivity index is 1.83. The molecule has 1 aromatic heterocycles. The third-order valence-corrected chi connectivity index (χ3v) is 4.12. The summed E-state index contributed by atoms with van der Waals surface area (Å²) < 4.78 is 0. The number of carboxylic acid groups (broad SMARTS) is 1. The average molecular weight is 346 g/mol. The number of thiazole rings is 1. The highest BCUT2D eigenvalue weighted by atomic mass is 35.5. The number of rotatable bonds is 4. The van der Waals surface area contributed by atoms with Gasteiger partial charge in [-0.3, -0.25) is 0 Å². The minimum absolute atomic E-state index is 0.274. The standard InChI is InChI=1S/C16H11ClN2O3S/c17-10-3-1-9(2-4-10)13-8-23-16(19-13)18-11-5-6-14(20)12(7-11)15(21)22/h1-8,20H,(H,18,19)(H,21,22)/p-1. The van der Waals surface area contributed by atoms with Crippen LogP contribution in [0.25, 0.3) is 11.3 Å². The number of anilines is 2. The average Bonchev–Trinajstić information content (AvgIpc) is 2.98. The molecule has 0 saturated heterocycles. The smallest absolute Gasteiger partial charge is 0.335 e. The van der Waals surface area contributed by atoms with Crippen molar-refractivity contribution in [3.05, 3.63) is 58.4 Å². The van der Waals surface area contributed by atoms with E-state index in [2.05, 4.69) is 10.3 Å². The highest BCUT2D eigenvalue weighted by Crippen LogP contribution is 2.29. The first-order valence-corrected chi connectivity index (χ1v) is 7.81. The summed E-state index contributed by atoms with van der Waals surface area (Å²) in [7, 11) is 0. The minimum atomic E-state index is -1.25. The Morgan fingerprint density at radius 3 is 2.65 bits per heavy atom. The van der Waals surface area contributed by atoms with E-state index in [1.54, 1.807) is 12.1 Å². The van der Waals surface area contributed by atoms with Gasteiger partial charge in [0.1, 0.15) is 0 Å². The maximum absolute atomic E-state index is 11.4. The molecule has 0 amide bonds. The van der Waals surface area contributed by atoms with Gasteiger partial charge in [0.25, 0.3) is 0 Å². The molecular formula is C16H10ClN2O3S-. The van der Waals surface area contributed by atoms with Crippen molar-refractivity contribution in [1.29, 1.82) is 0 Å². The second-order valence-electron chi connectivity index (χ2n) is 4.69. The van der Waals surface area contributed by atoms with Gasteiger partial charge in [0.2, 0.25) is 0 Å². The van der Waals surface area contributed by atoms with Crippen LogP contribution < -0.4 is 10.4 Å². The van der Waals surface area contributed by atoms with E-state index in [0.29, 0.717) is 15.8 Å². The summed E-state index contributed by atoms with van der Waals surface area (Å²) in [6, 6.07) is 11.4. The minimum Gasteiger partial charge on any atom is -0.872 e. The zero-order chi connectivity index (χ0) is 16.4. The Morgan fingerprint density at radius 2 is 1.96 bits per heavy atom. The van der Waals surface area contributed by atoms with Crippen molar-refractivity contribution in [3.8, 4) is 17.0 Å². The van der Waals surface area contributed by atoms with Gasteiger partial charge >= 0.3 is 5.97 Å². The van der Waals surface area contributed by atoms with E-state index in [9.17, 15) is 9.90 Å². The molecule has 1 heterocycles. The van der Waals surface area contributed by atoms with Crippen LogP contribution in [-0.2, 0) is 0 Å². The van der Waals surface area contributed by atoms with E-state index in [1.807, 2.05) is 17.5 Å². The van der Waals surface area contributed by atoms with Gasteiger partial charge in [-0.05, 0) is 24.3 Å². The molecule has 0 fully saturated rings. The maximum Gasteiger partial charge on any atom is 0.335 e. The maximum atomic E-state index is 11.4. The van der Waals surface area contributed by atoms with Crippen LogP contribution in [0.4, 0.5) is 10.8 Å². The lowest BCUT2D eigenvalue weighted by molar-refractivity contribution is -0.268. The molecular weight excluding hydrogens is 336 g/mol. The highest BCUT2D eigenvalue weighted by Gasteiger charge is 2.08. The van der Waals surface area contributed by atoms with Gasteiger partial charge in [-0.1, -0.05) is 35.5 Å². The molecule has 0 radical (unpaired) electrons. The summed E-state index contributed by atoms with van der Waals surface area (Å²) in [5.41, 5.74) is 1.94. The fourth-order valence-electron chi connectivity index (χ4n) is 1.98. The summed E-state index contributed by atoms with van der Waals surface area (Å²) in [6.07, 6.45) is 0. The zero-order valence-electron chi connectivity index (χ0n) is 11.6. The summed E-state index contributed by atoms with van der Waals surface area (Å²) in [5.74, 6) is -1.77. The highest BCUT2D eigenvalue weighted by molar-refractivity contribution is 7.14. The molecule has 2 aromatic carbocycles. The zero-order valence-corrected chi connectivity index (χ0v) is 13.2.